The lowest BCUT2D eigenvalue weighted by molar-refractivity contribution is -0.122. The van der Waals surface area contributed by atoms with Gasteiger partial charge in [0.1, 0.15) is 5.75 Å². The number of Topliss-reactive ketones (excluding diaryl/α,β-unsaturated/α-hetero) is 1. The average molecular weight is 577 g/mol. The molecule has 1 saturated carbocycles. The molecule has 0 spiro atoms. The fourth-order valence-corrected chi connectivity index (χ4v) is 6.17. The Hall–Kier alpha value is -4.85. The summed E-state index contributed by atoms with van der Waals surface area (Å²) in [6, 6.07) is 21.0. The van der Waals surface area contributed by atoms with Gasteiger partial charge in [-0.3, -0.25) is 19.3 Å². The van der Waals surface area contributed by atoms with Crippen LogP contribution in [0.2, 0.25) is 0 Å². The number of benzene rings is 3. The number of ether oxygens (including phenoxy) is 2. The van der Waals surface area contributed by atoms with E-state index in [9.17, 15) is 19.2 Å². The molecule has 43 heavy (non-hydrogen) atoms. The molecule has 1 aliphatic carbocycles. The van der Waals surface area contributed by atoms with Gasteiger partial charge in [-0.05, 0) is 74.6 Å². The van der Waals surface area contributed by atoms with E-state index in [1.165, 1.54) is 12.0 Å². The Balaban J connectivity index is 1.27. The number of ketones is 1. The molecule has 8 heteroatoms. The number of aromatic nitrogens is 1. The summed E-state index contributed by atoms with van der Waals surface area (Å²) in [5.41, 5.74) is 3.98. The van der Waals surface area contributed by atoms with Crippen molar-refractivity contribution in [1.29, 1.82) is 0 Å². The molecule has 8 nitrogen and oxygen atoms in total. The predicted octanol–water partition coefficient (Wildman–Crippen LogP) is 6.18. The maximum atomic E-state index is 13.4. The third-order valence-corrected chi connectivity index (χ3v) is 8.52. The smallest absolute Gasteiger partial charge is 0.339 e. The Labute approximate surface area is 249 Å². The second kappa shape index (κ2) is 11.4. The van der Waals surface area contributed by atoms with Crippen LogP contribution in [0, 0.1) is 24.7 Å². The van der Waals surface area contributed by atoms with E-state index in [1.807, 2.05) is 25.1 Å². The van der Waals surface area contributed by atoms with Crippen LogP contribution in [0.1, 0.15) is 52.5 Å². The van der Waals surface area contributed by atoms with Crippen molar-refractivity contribution in [2.75, 3.05) is 18.6 Å². The summed E-state index contributed by atoms with van der Waals surface area (Å²) in [5.74, 6) is -0.748. The van der Waals surface area contributed by atoms with Crippen molar-refractivity contribution < 1.29 is 28.7 Å². The van der Waals surface area contributed by atoms with Gasteiger partial charge >= 0.3 is 5.97 Å². The van der Waals surface area contributed by atoms with E-state index in [0.717, 1.165) is 24.8 Å². The van der Waals surface area contributed by atoms with Crippen LogP contribution in [0.4, 0.5) is 5.69 Å². The van der Waals surface area contributed by atoms with Crippen molar-refractivity contribution >= 4 is 40.2 Å². The number of amides is 2. The molecule has 1 saturated heterocycles. The Kier molecular flexibility index (Phi) is 7.52. The summed E-state index contributed by atoms with van der Waals surface area (Å²) in [5, 5.41) is 0.615. The molecule has 1 aliphatic heterocycles. The largest absolute Gasteiger partial charge is 0.497 e. The van der Waals surface area contributed by atoms with Crippen LogP contribution >= 0.6 is 0 Å². The molecule has 2 fully saturated rings. The van der Waals surface area contributed by atoms with Crippen LogP contribution in [-0.2, 0) is 14.3 Å². The quantitative estimate of drug-likeness (QED) is 0.147. The van der Waals surface area contributed by atoms with Crippen molar-refractivity contribution in [3.63, 3.8) is 0 Å². The molecular formula is C35H32N2O6. The van der Waals surface area contributed by atoms with E-state index in [0.29, 0.717) is 45.1 Å². The van der Waals surface area contributed by atoms with E-state index < -0.39 is 12.6 Å². The molecular weight excluding hydrogens is 544 g/mol. The van der Waals surface area contributed by atoms with Gasteiger partial charge in [-0.15, -0.1) is 0 Å². The lowest BCUT2D eigenvalue weighted by atomic mass is 9.76. The number of anilines is 1. The number of imide groups is 1. The van der Waals surface area contributed by atoms with Gasteiger partial charge < -0.3 is 9.47 Å². The first kappa shape index (κ1) is 28.3. The molecule has 0 unspecified atom stereocenters. The molecule has 2 heterocycles. The van der Waals surface area contributed by atoms with Crippen LogP contribution in [-0.4, -0.2) is 42.3 Å². The first-order valence-corrected chi connectivity index (χ1v) is 14.5. The van der Waals surface area contributed by atoms with Crippen LogP contribution in [0.5, 0.6) is 5.75 Å². The minimum atomic E-state index is -0.641. The fourth-order valence-electron chi connectivity index (χ4n) is 6.17. The van der Waals surface area contributed by atoms with Gasteiger partial charge in [-0.1, -0.05) is 42.8 Å². The van der Waals surface area contributed by atoms with Crippen molar-refractivity contribution in [3.05, 3.63) is 89.5 Å². The molecule has 3 atom stereocenters. The first-order valence-electron chi connectivity index (χ1n) is 14.5. The summed E-state index contributed by atoms with van der Waals surface area (Å²) >= 11 is 0. The Morgan fingerprint density at radius 1 is 0.930 bits per heavy atom. The number of pyridine rings is 1. The van der Waals surface area contributed by atoms with Gasteiger partial charge in [0.2, 0.25) is 11.8 Å². The number of hydrogen-bond acceptors (Lipinski definition) is 7. The molecule has 218 valence electrons. The number of nitrogens with zero attached hydrogens (tertiary/aromatic N) is 2. The topological polar surface area (TPSA) is 103 Å². The molecule has 1 aromatic heterocycles. The van der Waals surface area contributed by atoms with Crippen molar-refractivity contribution in [3.8, 4) is 17.0 Å². The van der Waals surface area contributed by atoms with Crippen molar-refractivity contribution in [1.82, 2.24) is 4.98 Å². The molecule has 0 bridgehead atoms. The standard InChI is InChI=1S/C35H32N2O6/c1-20-7-13-26-28(16-20)34(40)37(33(26)39)24-11-9-22(10-12-24)31-18-29(27-15-21(2)8-14-30(27)36-31)35(41)43-19-32(38)23-5-4-6-25(17-23)42-3/h4-6,8-12,14-15,17-18,20,26,28H,7,13,16,19H2,1-3H3/t20-,26-,28-/m1/s1. The van der Waals surface area contributed by atoms with Gasteiger partial charge in [-0.25, -0.2) is 9.78 Å². The van der Waals surface area contributed by atoms with Gasteiger partial charge in [0.15, 0.2) is 12.4 Å². The molecule has 3 aromatic carbocycles. The fraction of sp³-hybridized carbons (Fsp3) is 0.286. The second-order valence-electron chi connectivity index (χ2n) is 11.5. The highest BCUT2D eigenvalue weighted by Gasteiger charge is 2.49. The number of fused-ring (bicyclic) bond motifs is 2. The summed E-state index contributed by atoms with van der Waals surface area (Å²) in [7, 11) is 1.52. The van der Waals surface area contributed by atoms with Crippen LogP contribution in [0.3, 0.4) is 0 Å². The molecule has 2 amide bonds. The summed E-state index contributed by atoms with van der Waals surface area (Å²) in [6.07, 6.45) is 2.45. The van der Waals surface area contributed by atoms with Crippen molar-refractivity contribution in [2.45, 2.75) is 33.1 Å². The van der Waals surface area contributed by atoms with E-state index >= 15 is 0 Å². The summed E-state index contributed by atoms with van der Waals surface area (Å²) < 4.78 is 10.7. The van der Waals surface area contributed by atoms with Gasteiger partial charge in [0.25, 0.3) is 0 Å². The normalized spacial score (nSPS) is 19.8. The number of methoxy groups -OCH3 is 1. The molecule has 0 radical (unpaired) electrons. The lowest BCUT2D eigenvalue weighted by Crippen LogP contribution is -2.30. The SMILES string of the molecule is COc1cccc(C(=O)COC(=O)c2cc(-c3ccc(N4C(=O)[C@@H]5CC[C@@H](C)C[C@H]5C4=O)cc3)nc3ccc(C)cc23)c1. The Bertz CT molecular complexity index is 1760. The molecule has 0 N–H and O–H groups in total. The third-order valence-electron chi connectivity index (χ3n) is 8.52. The summed E-state index contributed by atoms with van der Waals surface area (Å²) in [6.45, 7) is 3.63. The number of carbonyl (C=O) groups is 4. The molecule has 4 aromatic rings. The number of aryl methyl sites for hydroxylation is 1. The minimum Gasteiger partial charge on any atom is -0.497 e. The zero-order valence-corrected chi connectivity index (χ0v) is 24.3. The van der Waals surface area contributed by atoms with E-state index in [-0.39, 0.29) is 35.0 Å². The van der Waals surface area contributed by atoms with E-state index in [4.69, 9.17) is 14.5 Å². The van der Waals surface area contributed by atoms with Gasteiger partial charge in [0, 0.05) is 16.5 Å². The maximum absolute atomic E-state index is 13.4. The van der Waals surface area contributed by atoms with Gasteiger partial charge in [-0.2, -0.15) is 0 Å². The number of hydrogen-bond donors (Lipinski definition) is 0. The Morgan fingerprint density at radius 3 is 2.47 bits per heavy atom. The maximum Gasteiger partial charge on any atom is 0.339 e. The molecule has 6 rings (SSSR count). The lowest BCUT2D eigenvalue weighted by Gasteiger charge is -2.25. The Morgan fingerprint density at radius 2 is 1.70 bits per heavy atom. The first-order chi connectivity index (χ1) is 20.7. The van der Waals surface area contributed by atoms with Crippen LogP contribution < -0.4 is 9.64 Å². The highest BCUT2D eigenvalue weighted by molar-refractivity contribution is 6.22. The van der Waals surface area contributed by atoms with Crippen LogP contribution in [0.15, 0.2) is 72.8 Å². The van der Waals surface area contributed by atoms with Crippen LogP contribution in [0.25, 0.3) is 22.2 Å². The average Bonchev–Trinajstić information content (AvgIpc) is 3.27. The zero-order chi connectivity index (χ0) is 30.2. The second-order valence-corrected chi connectivity index (χ2v) is 11.5. The van der Waals surface area contributed by atoms with Crippen molar-refractivity contribution in [2.24, 2.45) is 17.8 Å². The monoisotopic (exact) mass is 576 g/mol. The number of carbonyl (C=O) groups excluding carboxylic acids is 4. The van der Waals surface area contributed by atoms with Gasteiger partial charge in [0.05, 0.1) is 41.4 Å². The van der Waals surface area contributed by atoms with E-state index in [2.05, 4.69) is 6.92 Å². The minimum absolute atomic E-state index is 0.123. The number of rotatable bonds is 7. The molecule has 2 aliphatic rings. The predicted molar refractivity (Wildman–Crippen MR) is 162 cm³/mol. The number of esters is 1. The third kappa shape index (κ3) is 5.41. The highest BCUT2D eigenvalue weighted by Crippen LogP contribution is 2.42. The highest BCUT2D eigenvalue weighted by atomic mass is 16.5. The zero-order valence-electron chi connectivity index (χ0n) is 24.3. The van der Waals surface area contributed by atoms with E-state index in [1.54, 1.807) is 54.6 Å². The summed E-state index contributed by atoms with van der Waals surface area (Å²) in [4.78, 5) is 58.5.